The number of amides is 2. The van der Waals surface area contributed by atoms with Gasteiger partial charge in [0.25, 0.3) is 5.91 Å². The number of aliphatic hydroxyl groups excluding tert-OH is 1. The number of anilines is 1. The lowest BCUT2D eigenvalue weighted by Crippen LogP contribution is -2.67. The molecule has 34 heavy (non-hydrogen) atoms. The van der Waals surface area contributed by atoms with Gasteiger partial charge < -0.3 is 24.4 Å². The lowest BCUT2D eigenvalue weighted by Gasteiger charge is -2.45. The second-order valence-corrected chi connectivity index (χ2v) is 10.7. The van der Waals surface area contributed by atoms with E-state index in [-0.39, 0.29) is 6.61 Å². The fourth-order valence-corrected chi connectivity index (χ4v) is 6.12. The molecule has 0 spiro atoms. The first-order chi connectivity index (χ1) is 16.2. The van der Waals surface area contributed by atoms with Crippen LogP contribution < -0.4 is 9.64 Å². The highest BCUT2D eigenvalue weighted by atomic mass is 32.2. The zero-order valence-corrected chi connectivity index (χ0v) is 20.3. The molecule has 180 valence electrons. The van der Waals surface area contributed by atoms with Crippen molar-refractivity contribution >= 4 is 35.2 Å². The predicted octanol–water partition coefficient (Wildman–Crippen LogP) is 2.44. The van der Waals surface area contributed by atoms with E-state index < -0.39 is 46.0 Å². The number of thioether (sulfide) groups is 1. The highest BCUT2D eigenvalue weighted by molar-refractivity contribution is 8.01. The van der Waals surface area contributed by atoms with Crippen molar-refractivity contribution in [3.63, 3.8) is 0 Å². The number of hydrogen-bond donors (Lipinski definition) is 1. The van der Waals surface area contributed by atoms with Crippen molar-refractivity contribution in [2.24, 2.45) is 5.92 Å². The van der Waals surface area contributed by atoms with Crippen LogP contribution in [0.1, 0.15) is 19.4 Å². The molecule has 2 fully saturated rings. The highest BCUT2D eigenvalue weighted by Gasteiger charge is 2.66. The number of ether oxygens (including phenoxy) is 2. The summed E-state index contributed by atoms with van der Waals surface area (Å²) in [5.41, 5.74) is 1.42. The zero-order valence-electron chi connectivity index (χ0n) is 19.5. The Labute approximate surface area is 202 Å². The summed E-state index contributed by atoms with van der Waals surface area (Å²) >= 11 is 1.40. The molecule has 0 unspecified atom stereocenters. The van der Waals surface area contributed by atoms with Gasteiger partial charge in [0, 0.05) is 17.5 Å². The van der Waals surface area contributed by atoms with E-state index in [0.29, 0.717) is 11.4 Å². The minimum Gasteiger partial charge on any atom is -0.497 e. The van der Waals surface area contributed by atoms with E-state index in [4.69, 9.17) is 9.47 Å². The average molecular weight is 485 g/mol. The van der Waals surface area contributed by atoms with Crippen molar-refractivity contribution in [3.05, 3.63) is 60.2 Å². The zero-order chi connectivity index (χ0) is 24.6. The lowest BCUT2D eigenvalue weighted by molar-refractivity contribution is -0.173. The third-order valence-electron chi connectivity index (χ3n) is 6.31. The monoisotopic (exact) mass is 484 g/mol. The number of benzene rings is 2. The van der Waals surface area contributed by atoms with Crippen molar-refractivity contribution < 1.29 is 29.0 Å². The van der Waals surface area contributed by atoms with Crippen LogP contribution in [0.4, 0.5) is 5.69 Å². The smallest absolute Gasteiger partial charge is 0.330 e. The van der Waals surface area contributed by atoms with Gasteiger partial charge in [-0.3, -0.25) is 9.59 Å². The minimum atomic E-state index is -1.52. The van der Waals surface area contributed by atoms with Crippen molar-refractivity contribution in [1.29, 1.82) is 0 Å². The van der Waals surface area contributed by atoms with Crippen LogP contribution in [-0.4, -0.2) is 64.2 Å². The first-order valence-electron chi connectivity index (χ1n) is 11.0. The van der Waals surface area contributed by atoms with Crippen LogP contribution in [0.25, 0.3) is 0 Å². The van der Waals surface area contributed by atoms with Crippen molar-refractivity contribution in [1.82, 2.24) is 4.90 Å². The van der Waals surface area contributed by atoms with Gasteiger partial charge in [-0.25, -0.2) is 4.79 Å². The van der Waals surface area contributed by atoms with E-state index in [0.717, 1.165) is 5.56 Å². The maximum atomic E-state index is 13.1. The molecule has 1 N–H and O–H groups in total. The predicted molar refractivity (Wildman–Crippen MR) is 128 cm³/mol. The molecule has 4 rings (SSSR count). The van der Waals surface area contributed by atoms with Gasteiger partial charge in [0.05, 0.1) is 12.5 Å². The molecule has 0 bridgehead atoms. The first-order valence-corrected chi connectivity index (χ1v) is 11.8. The number of carbonyl (C=O) groups excluding carboxylic acids is 3. The van der Waals surface area contributed by atoms with Crippen molar-refractivity contribution in [2.45, 2.75) is 42.7 Å². The molecular weight excluding hydrogens is 456 g/mol. The molecule has 2 aliphatic rings. The molecule has 4 atom stereocenters. The SMILES string of the molecule is COc1ccc(N(C)C(=O)[C@@H](O)[C@@H]2C(=O)N3[C@@H]2SC(C)(C)[C@@H]3C(=O)OCc2ccccc2)cc1. The molecule has 2 aromatic carbocycles. The molecule has 0 radical (unpaired) electrons. The quantitative estimate of drug-likeness (QED) is 0.476. The number of nitrogens with zero attached hydrogens (tertiary/aromatic N) is 2. The maximum Gasteiger partial charge on any atom is 0.330 e. The van der Waals surface area contributed by atoms with Gasteiger partial charge >= 0.3 is 5.97 Å². The Bertz CT molecular complexity index is 1070. The number of esters is 1. The summed E-state index contributed by atoms with van der Waals surface area (Å²) in [6, 6.07) is 15.3. The van der Waals surface area contributed by atoms with E-state index >= 15 is 0 Å². The third-order valence-corrected chi connectivity index (χ3v) is 7.91. The summed E-state index contributed by atoms with van der Waals surface area (Å²) in [6.07, 6.45) is -1.52. The molecule has 2 aliphatic heterocycles. The topological polar surface area (TPSA) is 96.4 Å². The minimum absolute atomic E-state index is 0.112. The van der Waals surface area contributed by atoms with Crippen molar-refractivity contribution in [2.75, 3.05) is 19.1 Å². The van der Waals surface area contributed by atoms with E-state index in [1.807, 2.05) is 44.2 Å². The fourth-order valence-electron chi connectivity index (χ4n) is 4.41. The van der Waals surface area contributed by atoms with Crippen LogP contribution in [0.3, 0.4) is 0 Å². The summed E-state index contributed by atoms with van der Waals surface area (Å²) in [5, 5.41) is 10.4. The normalized spacial score (nSPS) is 23.5. The van der Waals surface area contributed by atoms with Gasteiger partial charge in [0.2, 0.25) is 5.91 Å². The summed E-state index contributed by atoms with van der Waals surface area (Å²) in [5.74, 6) is -1.79. The maximum absolute atomic E-state index is 13.1. The number of likely N-dealkylation sites (N-methyl/N-ethyl adjacent to an activating group) is 1. The molecule has 0 aromatic heterocycles. The third kappa shape index (κ3) is 4.25. The molecule has 2 amide bonds. The Hall–Kier alpha value is -3.04. The summed E-state index contributed by atoms with van der Waals surface area (Å²) in [6.45, 7) is 3.85. The Balaban J connectivity index is 1.44. The number of β-lactam (4-membered cyclic amide) rings is 1. The standard InChI is InChI=1S/C25H28N2O6S/c1-25(2)20(24(31)33-14-15-8-6-5-7-9-15)27-21(29)18(23(27)34-25)19(28)22(30)26(3)16-10-12-17(32-4)13-11-16/h5-13,18-20,23,28H,14H2,1-4H3/t18-,19+,20+,23-/m1/s1. The van der Waals surface area contributed by atoms with Crippen LogP contribution in [0.2, 0.25) is 0 Å². The van der Waals surface area contributed by atoms with Gasteiger partial charge in [-0.15, -0.1) is 11.8 Å². The fraction of sp³-hybridized carbons (Fsp3) is 0.400. The molecule has 0 aliphatic carbocycles. The summed E-state index contributed by atoms with van der Waals surface area (Å²) in [7, 11) is 3.09. The van der Waals surface area contributed by atoms with Gasteiger partial charge in [0.15, 0.2) is 0 Å². The van der Waals surface area contributed by atoms with Crippen LogP contribution in [0.5, 0.6) is 5.75 Å². The van der Waals surface area contributed by atoms with Gasteiger partial charge in [-0.05, 0) is 43.7 Å². The molecule has 2 saturated heterocycles. The van der Waals surface area contributed by atoms with Gasteiger partial charge in [-0.1, -0.05) is 30.3 Å². The van der Waals surface area contributed by atoms with Crippen LogP contribution >= 0.6 is 11.8 Å². The molecule has 2 aromatic rings. The van der Waals surface area contributed by atoms with Crippen LogP contribution in [0.15, 0.2) is 54.6 Å². The van der Waals surface area contributed by atoms with E-state index in [1.54, 1.807) is 38.4 Å². The van der Waals surface area contributed by atoms with E-state index in [2.05, 4.69) is 0 Å². The van der Waals surface area contributed by atoms with Crippen LogP contribution in [-0.2, 0) is 25.7 Å². The number of aliphatic hydroxyl groups is 1. The van der Waals surface area contributed by atoms with Crippen molar-refractivity contribution in [3.8, 4) is 5.75 Å². The lowest BCUT2D eigenvalue weighted by atomic mass is 9.87. The molecule has 8 nitrogen and oxygen atoms in total. The number of fused-ring (bicyclic) bond motifs is 1. The largest absolute Gasteiger partial charge is 0.497 e. The Kier molecular flexibility index (Phi) is 6.60. The summed E-state index contributed by atoms with van der Waals surface area (Å²) in [4.78, 5) is 41.8. The van der Waals surface area contributed by atoms with Gasteiger partial charge in [0.1, 0.15) is 30.4 Å². The average Bonchev–Trinajstić information content (AvgIpc) is 3.09. The molecule has 0 saturated carbocycles. The summed E-state index contributed by atoms with van der Waals surface area (Å²) < 4.78 is 10.0. The second-order valence-electron chi connectivity index (χ2n) is 8.92. The van der Waals surface area contributed by atoms with Gasteiger partial charge in [-0.2, -0.15) is 0 Å². The highest BCUT2D eigenvalue weighted by Crippen LogP contribution is 2.54. The van der Waals surface area contributed by atoms with E-state index in [1.165, 1.54) is 21.6 Å². The number of rotatable bonds is 7. The first kappa shape index (κ1) is 24.1. The number of hydrogen-bond acceptors (Lipinski definition) is 7. The second kappa shape index (κ2) is 9.31. The Morgan fingerprint density at radius 1 is 1.15 bits per heavy atom. The Morgan fingerprint density at radius 2 is 1.79 bits per heavy atom. The molecule has 9 heteroatoms. The van der Waals surface area contributed by atoms with E-state index in [9.17, 15) is 19.5 Å². The Morgan fingerprint density at radius 3 is 2.41 bits per heavy atom. The number of methoxy groups -OCH3 is 1. The number of carbonyl (C=O) groups is 3. The molecule has 2 heterocycles. The van der Waals surface area contributed by atoms with Crippen LogP contribution in [0, 0.1) is 5.92 Å². The molecular formula is C25H28N2O6S.